The molecule has 1 aliphatic heterocycles. The number of anilines is 5. The number of nitrogen functional groups attached to an aromatic ring is 1. The van der Waals surface area contributed by atoms with Crippen molar-refractivity contribution in [2.45, 2.75) is 51.9 Å². The third kappa shape index (κ3) is 7.23. The molecule has 8 nitrogen and oxygen atoms in total. The van der Waals surface area contributed by atoms with E-state index in [-0.39, 0.29) is 17.0 Å². The minimum absolute atomic E-state index is 0.0725. The van der Waals surface area contributed by atoms with Crippen LogP contribution >= 0.6 is 23.2 Å². The summed E-state index contributed by atoms with van der Waals surface area (Å²) in [5.41, 5.74) is 11.0. The van der Waals surface area contributed by atoms with E-state index in [0.29, 0.717) is 16.5 Å². The van der Waals surface area contributed by atoms with Crippen LogP contribution in [0.4, 0.5) is 28.6 Å². The molecule has 3 aromatic rings. The number of nitrogens with zero attached hydrogens (tertiary/aromatic N) is 4. The molecule has 218 valence electrons. The molecule has 1 aromatic heterocycles. The van der Waals surface area contributed by atoms with Crippen molar-refractivity contribution in [2.75, 3.05) is 54.0 Å². The number of rotatable bonds is 7. The largest absolute Gasteiger partial charge is 0.393 e. The number of carbonyl (C=O) groups excluding carboxylic acids is 1. The van der Waals surface area contributed by atoms with Gasteiger partial charge in [0.15, 0.2) is 11.0 Å². The van der Waals surface area contributed by atoms with E-state index in [1.165, 1.54) is 19.2 Å². The number of likely N-dealkylation sites (N-methyl/N-ethyl adjacent to an activating group) is 1. The van der Waals surface area contributed by atoms with Crippen LogP contribution in [-0.4, -0.2) is 53.5 Å². The lowest BCUT2D eigenvalue weighted by Gasteiger charge is -2.27. The van der Waals surface area contributed by atoms with Gasteiger partial charge in [0.2, 0.25) is 5.91 Å². The Kier molecular flexibility index (Phi) is 9.85. The average molecular weight is 597 g/mol. The third-order valence-corrected chi connectivity index (χ3v) is 8.85. The molecule has 2 aromatic carbocycles. The number of amides is 1. The minimum atomic E-state index is 0.0725. The van der Waals surface area contributed by atoms with E-state index in [2.05, 4.69) is 55.5 Å². The first-order valence-electron chi connectivity index (χ1n) is 14.7. The molecule has 0 atom stereocenters. The van der Waals surface area contributed by atoms with Crippen molar-refractivity contribution >= 4 is 57.7 Å². The van der Waals surface area contributed by atoms with Crippen LogP contribution in [0.15, 0.2) is 42.7 Å². The molecule has 4 N–H and O–H groups in total. The molecule has 2 fully saturated rings. The van der Waals surface area contributed by atoms with Gasteiger partial charge in [-0.3, -0.25) is 4.79 Å². The van der Waals surface area contributed by atoms with Crippen molar-refractivity contribution < 1.29 is 4.79 Å². The fourth-order valence-electron chi connectivity index (χ4n) is 5.82. The second-order valence-corrected chi connectivity index (χ2v) is 11.7. The number of carbonyl (C=O) groups is 1. The summed E-state index contributed by atoms with van der Waals surface area (Å²) in [6.07, 6.45) is 9.05. The summed E-state index contributed by atoms with van der Waals surface area (Å²) in [7, 11) is 0. The van der Waals surface area contributed by atoms with Crippen molar-refractivity contribution in [3.8, 4) is 11.1 Å². The molecule has 10 heteroatoms. The number of hydrogen-bond acceptors (Lipinski definition) is 7. The van der Waals surface area contributed by atoms with Crippen molar-refractivity contribution in [3.63, 3.8) is 0 Å². The highest BCUT2D eigenvalue weighted by molar-refractivity contribution is 6.33. The van der Waals surface area contributed by atoms with E-state index in [1.807, 2.05) is 18.2 Å². The van der Waals surface area contributed by atoms with Crippen molar-refractivity contribution in [1.82, 2.24) is 14.9 Å². The average Bonchev–Trinajstić information content (AvgIpc) is 3.39. The Labute approximate surface area is 252 Å². The molecular weight excluding hydrogens is 557 g/mol. The summed E-state index contributed by atoms with van der Waals surface area (Å²) in [6.45, 7) is 7.19. The smallest absolute Gasteiger partial charge is 0.227 e. The summed E-state index contributed by atoms with van der Waals surface area (Å²) in [5, 5.41) is 7.29. The maximum atomic E-state index is 12.9. The van der Waals surface area contributed by atoms with Crippen molar-refractivity contribution in [2.24, 2.45) is 5.92 Å². The fourth-order valence-corrected chi connectivity index (χ4v) is 6.24. The predicted octanol–water partition coefficient (Wildman–Crippen LogP) is 7.22. The highest BCUT2D eigenvalue weighted by Gasteiger charge is 2.22. The van der Waals surface area contributed by atoms with E-state index in [1.54, 1.807) is 0 Å². The number of nitrogens with two attached hydrogens (primary N) is 1. The molecule has 2 aliphatic rings. The minimum Gasteiger partial charge on any atom is -0.393 e. The van der Waals surface area contributed by atoms with Gasteiger partial charge in [0, 0.05) is 36.8 Å². The summed E-state index contributed by atoms with van der Waals surface area (Å²) in [6, 6.07) is 12.0. The number of hydrogen-bond donors (Lipinski definition) is 3. The van der Waals surface area contributed by atoms with Crippen LogP contribution < -0.4 is 21.3 Å². The Morgan fingerprint density at radius 3 is 2.54 bits per heavy atom. The molecule has 0 radical (unpaired) electrons. The second kappa shape index (κ2) is 13.7. The molecule has 2 heterocycles. The highest BCUT2D eigenvalue weighted by atomic mass is 35.5. The van der Waals surface area contributed by atoms with E-state index in [0.717, 1.165) is 93.0 Å². The molecule has 1 amide bonds. The third-order valence-electron chi connectivity index (χ3n) is 8.23. The van der Waals surface area contributed by atoms with Crippen molar-refractivity contribution in [1.29, 1.82) is 0 Å². The first-order chi connectivity index (χ1) is 19.9. The van der Waals surface area contributed by atoms with E-state index < -0.39 is 0 Å². The standard InChI is InChI=1S/C31H39Cl2N7O/c1-2-39-14-7-15-40(17-16-39)27-13-10-22(18-26(27)38-30-28(34)29(33)35-20-36-30)24-12-11-23(19-25(24)32)37-31(41)21-8-5-3-4-6-9-21/h10-13,18-21H,2-9,14-17,34H2,1H3,(H,37,41)(H,35,36,38). The maximum Gasteiger partial charge on any atom is 0.227 e. The summed E-state index contributed by atoms with van der Waals surface area (Å²) >= 11 is 13.0. The Hall–Kier alpha value is -3.07. The van der Waals surface area contributed by atoms with Crippen LogP contribution in [0.25, 0.3) is 11.1 Å². The van der Waals surface area contributed by atoms with Crippen LogP contribution in [0.2, 0.25) is 10.2 Å². The Balaban J connectivity index is 1.42. The van der Waals surface area contributed by atoms with E-state index in [4.69, 9.17) is 28.9 Å². The Bertz CT molecular complexity index is 1360. The van der Waals surface area contributed by atoms with E-state index >= 15 is 0 Å². The van der Waals surface area contributed by atoms with Crippen LogP contribution in [0.1, 0.15) is 51.9 Å². The van der Waals surface area contributed by atoms with Gasteiger partial charge in [-0.25, -0.2) is 9.97 Å². The summed E-state index contributed by atoms with van der Waals surface area (Å²) < 4.78 is 0. The fraction of sp³-hybridized carbons (Fsp3) is 0.452. The van der Waals surface area contributed by atoms with Crippen LogP contribution in [-0.2, 0) is 4.79 Å². The zero-order chi connectivity index (χ0) is 28.8. The number of nitrogens with one attached hydrogen (secondary N) is 2. The molecular formula is C31H39Cl2N7O. The second-order valence-electron chi connectivity index (χ2n) is 10.9. The first kappa shape index (κ1) is 29.4. The summed E-state index contributed by atoms with van der Waals surface area (Å²) in [4.78, 5) is 26.1. The molecule has 0 unspecified atom stereocenters. The maximum absolute atomic E-state index is 12.9. The predicted molar refractivity (Wildman–Crippen MR) is 170 cm³/mol. The monoisotopic (exact) mass is 595 g/mol. The Morgan fingerprint density at radius 1 is 0.976 bits per heavy atom. The molecule has 0 spiro atoms. The van der Waals surface area contributed by atoms with Gasteiger partial charge in [-0.15, -0.1) is 0 Å². The van der Waals surface area contributed by atoms with Crippen LogP contribution in [0.3, 0.4) is 0 Å². The first-order valence-corrected chi connectivity index (χ1v) is 15.4. The highest BCUT2D eigenvalue weighted by Crippen LogP contribution is 2.38. The molecule has 5 rings (SSSR count). The normalized spacial score (nSPS) is 17.1. The lowest BCUT2D eigenvalue weighted by molar-refractivity contribution is -0.120. The lowest BCUT2D eigenvalue weighted by Crippen LogP contribution is -2.30. The zero-order valence-corrected chi connectivity index (χ0v) is 25.1. The topological polar surface area (TPSA) is 99.4 Å². The van der Waals surface area contributed by atoms with Gasteiger partial charge < -0.3 is 26.2 Å². The van der Waals surface area contributed by atoms with Gasteiger partial charge in [-0.1, -0.05) is 67.9 Å². The number of benzene rings is 2. The van der Waals surface area contributed by atoms with Gasteiger partial charge in [0.25, 0.3) is 0 Å². The van der Waals surface area contributed by atoms with Crippen LogP contribution in [0.5, 0.6) is 0 Å². The molecule has 1 saturated heterocycles. The SMILES string of the molecule is CCN1CCCN(c2ccc(-c3ccc(NC(=O)C4CCCCCC4)cc3Cl)cc2Nc2ncnc(Cl)c2N)CC1. The van der Waals surface area contributed by atoms with Gasteiger partial charge in [-0.2, -0.15) is 0 Å². The molecule has 0 bridgehead atoms. The van der Waals surface area contributed by atoms with Gasteiger partial charge in [-0.05, 0) is 62.2 Å². The van der Waals surface area contributed by atoms with Crippen molar-refractivity contribution in [3.05, 3.63) is 52.9 Å². The van der Waals surface area contributed by atoms with E-state index in [9.17, 15) is 4.79 Å². The number of aromatic nitrogens is 2. The van der Waals surface area contributed by atoms with Crippen LogP contribution in [0, 0.1) is 5.92 Å². The lowest BCUT2D eigenvalue weighted by atomic mass is 9.99. The number of halogens is 2. The molecule has 1 aliphatic carbocycles. The molecule has 41 heavy (non-hydrogen) atoms. The summed E-state index contributed by atoms with van der Waals surface area (Å²) in [5.74, 6) is 0.617. The zero-order valence-electron chi connectivity index (χ0n) is 23.6. The molecule has 1 saturated carbocycles. The van der Waals surface area contributed by atoms with Gasteiger partial charge in [0.05, 0.1) is 16.4 Å². The van der Waals surface area contributed by atoms with Gasteiger partial charge in [0.1, 0.15) is 12.0 Å². The Morgan fingerprint density at radius 2 is 1.78 bits per heavy atom. The quantitative estimate of drug-likeness (QED) is 0.196. The van der Waals surface area contributed by atoms with Gasteiger partial charge >= 0.3 is 0 Å².